The van der Waals surface area contributed by atoms with E-state index in [0.717, 1.165) is 32.4 Å². The van der Waals surface area contributed by atoms with Gasteiger partial charge in [-0.15, -0.1) is 0 Å². The molecule has 1 aromatic carbocycles. The number of aliphatic hydroxyl groups excluding tert-OH is 1. The third kappa shape index (κ3) is 2.11. The Hall–Kier alpha value is -1.58. The van der Waals surface area contributed by atoms with Gasteiger partial charge in [0.05, 0.1) is 6.04 Å². The molecule has 1 saturated heterocycles. The predicted octanol–water partition coefficient (Wildman–Crippen LogP) is 3.42. The SMILES string of the molecule is C/C=C1/CN2CCc3c([nH]c4ccccc34)[C@@H]2C[C@@H]1CCO. The van der Waals surface area contributed by atoms with E-state index in [9.17, 15) is 5.11 Å². The quantitative estimate of drug-likeness (QED) is 0.834. The number of allylic oxidation sites excluding steroid dienone is 1. The first kappa shape index (κ1) is 14.0. The van der Waals surface area contributed by atoms with Crippen LogP contribution in [0.1, 0.15) is 37.1 Å². The summed E-state index contributed by atoms with van der Waals surface area (Å²) < 4.78 is 0. The average Bonchev–Trinajstić information content (AvgIpc) is 2.93. The van der Waals surface area contributed by atoms with Crippen LogP contribution in [0.15, 0.2) is 35.9 Å². The number of rotatable bonds is 2. The number of para-hydroxylation sites is 1. The number of aliphatic hydroxyl groups is 1. The fraction of sp³-hybridized carbons (Fsp3) is 0.474. The van der Waals surface area contributed by atoms with Crippen molar-refractivity contribution in [3.63, 3.8) is 0 Å². The molecule has 116 valence electrons. The minimum atomic E-state index is 0.286. The van der Waals surface area contributed by atoms with Gasteiger partial charge in [0.2, 0.25) is 0 Å². The van der Waals surface area contributed by atoms with Crippen LogP contribution in [0.4, 0.5) is 0 Å². The van der Waals surface area contributed by atoms with Crippen molar-refractivity contribution in [2.45, 2.75) is 32.2 Å². The molecule has 2 N–H and O–H groups in total. The van der Waals surface area contributed by atoms with E-state index in [1.165, 1.54) is 27.7 Å². The highest BCUT2D eigenvalue weighted by Gasteiger charge is 2.36. The molecule has 1 aromatic heterocycles. The summed E-state index contributed by atoms with van der Waals surface area (Å²) >= 11 is 0. The maximum Gasteiger partial charge on any atom is 0.0510 e. The number of nitrogens with one attached hydrogen (secondary N) is 1. The second-order valence-electron chi connectivity index (χ2n) is 6.61. The van der Waals surface area contributed by atoms with Crippen molar-refractivity contribution in [2.24, 2.45) is 5.92 Å². The van der Waals surface area contributed by atoms with E-state index in [1.807, 2.05) is 0 Å². The first-order chi connectivity index (χ1) is 10.8. The van der Waals surface area contributed by atoms with Crippen LogP contribution in [-0.4, -0.2) is 34.7 Å². The van der Waals surface area contributed by atoms with Crippen LogP contribution in [0, 0.1) is 5.92 Å². The zero-order valence-electron chi connectivity index (χ0n) is 13.2. The van der Waals surface area contributed by atoms with Gasteiger partial charge in [-0.2, -0.15) is 0 Å². The Morgan fingerprint density at radius 1 is 1.36 bits per heavy atom. The molecule has 22 heavy (non-hydrogen) atoms. The van der Waals surface area contributed by atoms with E-state index in [4.69, 9.17) is 0 Å². The maximum absolute atomic E-state index is 9.39. The van der Waals surface area contributed by atoms with E-state index in [-0.39, 0.29) is 6.61 Å². The number of fused-ring (bicyclic) bond motifs is 5. The van der Waals surface area contributed by atoms with E-state index in [2.05, 4.69) is 47.1 Å². The highest BCUT2D eigenvalue weighted by molar-refractivity contribution is 5.85. The predicted molar refractivity (Wildman–Crippen MR) is 89.9 cm³/mol. The van der Waals surface area contributed by atoms with Crippen molar-refractivity contribution in [1.29, 1.82) is 0 Å². The van der Waals surface area contributed by atoms with Gasteiger partial charge >= 0.3 is 0 Å². The maximum atomic E-state index is 9.39. The van der Waals surface area contributed by atoms with Crippen LogP contribution in [0.5, 0.6) is 0 Å². The van der Waals surface area contributed by atoms with Crippen molar-refractivity contribution in [3.05, 3.63) is 47.2 Å². The molecule has 3 heterocycles. The Labute approximate surface area is 131 Å². The average molecular weight is 296 g/mol. The number of hydrogen-bond donors (Lipinski definition) is 2. The van der Waals surface area contributed by atoms with Crippen LogP contribution < -0.4 is 0 Å². The lowest BCUT2D eigenvalue weighted by Crippen LogP contribution is -2.42. The molecule has 0 amide bonds. The minimum Gasteiger partial charge on any atom is -0.396 e. The highest BCUT2D eigenvalue weighted by Crippen LogP contribution is 2.43. The first-order valence-electron chi connectivity index (χ1n) is 8.41. The molecule has 1 fully saturated rings. The molecule has 0 saturated carbocycles. The monoisotopic (exact) mass is 296 g/mol. The molecule has 4 rings (SSSR count). The summed E-state index contributed by atoms with van der Waals surface area (Å²) in [6.45, 7) is 4.62. The number of aromatic nitrogens is 1. The molecule has 0 spiro atoms. The van der Waals surface area contributed by atoms with Gasteiger partial charge in [-0.05, 0) is 43.7 Å². The highest BCUT2D eigenvalue weighted by atomic mass is 16.3. The third-order valence-corrected chi connectivity index (χ3v) is 5.54. The lowest BCUT2D eigenvalue weighted by molar-refractivity contribution is 0.126. The largest absolute Gasteiger partial charge is 0.396 e. The van der Waals surface area contributed by atoms with Gasteiger partial charge in [-0.1, -0.05) is 29.8 Å². The van der Waals surface area contributed by atoms with E-state index >= 15 is 0 Å². The third-order valence-electron chi connectivity index (χ3n) is 5.54. The summed E-state index contributed by atoms with van der Waals surface area (Å²) in [4.78, 5) is 6.30. The number of H-pyrrole nitrogens is 1. The Kier molecular flexibility index (Phi) is 3.55. The Morgan fingerprint density at radius 3 is 3.05 bits per heavy atom. The van der Waals surface area contributed by atoms with Gasteiger partial charge < -0.3 is 10.1 Å². The summed E-state index contributed by atoms with van der Waals surface area (Å²) in [7, 11) is 0. The smallest absolute Gasteiger partial charge is 0.0510 e. The van der Waals surface area contributed by atoms with Gasteiger partial charge in [0.25, 0.3) is 0 Å². The molecule has 0 bridgehead atoms. The zero-order chi connectivity index (χ0) is 15.1. The van der Waals surface area contributed by atoms with Crippen molar-refractivity contribution in [1.82, 2.24) is 9.88 Å². The summed E-state index contributed by atoms with van der Waals surface area (Å²) in [5, 5.41) is 10.8. The summed E-state index contributed by atoms with van der Waals surface area (Å²) in [6.07, 6.45) is 5.41. The lowest BCUT2D eigenvalue weighted by atomic mass is 9.80. The number of nitrogens with zero attached hydrogens (tertiary/aromatic N) is 1. The van der Waals surface area contributed by atoms with E-state index in [1.54, 1.807) is 0 Å². The molecule has 2 aliphatic rings. The fourth-order valence-electron chi connectivity index (χ4n) is 4.40. The second-order valence-corrected chi connectivity index (χ2v) is 6.61. The molecule has 2 aromatic rings. The molecule has 3 nitrogen and oxygen atoms in total. The van der Waals surface area contributed by atoms with Crippen molar-refractivity contribution in [3.8, 4) is 0 Å². The molecule has 0 aliphatic carbocycles. The second kappa shape index (κ2) is 5.56. The number of aromatic amines is 1. The van der Waals surface area contributed by atoms with Crippen LogP contribution >= 0.6 is 0 Å². The molecule has 2 atom stereocenters. The molecular weight excluding hydrogens is 272 g/mol. The molecule has 3 heteroatoms. The Morgan fingerprint density at radius 2 is 2.23 bits per heavy atom. The van der Waals surface area contributed by atoms with E-state index in [0.29, 0.717) is 12.0 Å². The number of benzene rings is 1. The first-order valence-corrected chi connectivity index (χ1v) is 8.41. The molecule has 0 radical (unpaired) electrons. The van der Waals surface area contributed by atoms with Gasteiger partial charge in [0.15, 0.2) is 0 Å². The topological polar surface area (TPSA) is 39.3 Å². The molecular formula is C19H24N2O. The fourth-order valence-corrected chi connectivity index (χ4v) is 4.40. The van der Waals surface area contributed by atoms with Crippen molar-refractivity contribution in [2.75, 3.05) is 19.7 Å². The molecule has 0 unspecified atom stereocenters. The summed E-state index contributed by atoms with van der Waals surface area (Å²) in [5.74, 6) is 0.522. The van der Waals surface area contributed by atoms with Gasteiger partial charge in [0.1, 0.15) is 0 Å². The minimum absolute atomic E-state index is 0.286. The normalized spacial score (nSPS) is 27.1. The van der Waals surface area contributed by atoms with Crippen molar-refractivity contribution < 1.29 is 5.11 Å². The standard InChI is InChI=1S/C19H24N2O/c1-2-13-12-21-9-7-16-15-5-3-4-6-17(15)20-19(16)18(21)11-14(13)8-10-22/h2-6,14,18,20,22H,7-12H2,1H3/b13-2-/t14-,18-/m0/s1. The number of piperidine rings is 1. The van der Waals surface area contributed by atoms with Crippen LogP contribution in [0.2, 0.25) is 0 Å². The summed E-state index contributed by atoms with van der Waals surface area (Å²) in [5.41, 5.74) is 5.71. The number of hydrogen-bond acceptors (Lipinski definition) is 2. The molecule has 2 aliphatic heterocycles. The van der Waals surface area contributed by atoms with Crippen molar-refractivity contribution >= 4 is 10.9 Å². The lowest BCUT2D eigenvalue weighted by Gasteiger charge is -2.43. The Bertz CT molecular complexity index is 715. The zero-order valence-corrected chi connectivity index (χ0v) is 13.2. The van der Waals surface area contributed by atoms with E-state index < -0.39 is 0 Å². The van der Waals surface area contributed by atoms with Gasteiger partial charge in [-0.3, -0.25) is 4.90 Å². The van der Waals surface area contributed by atoms with Crippen LogP contribution in [-0.2, 0) is 6.42 Å². The van der Waals surface area contributed by atoms with Gasteiger partial charge in [-0.25, -0.2) is 0 Å². The summed E-state index contributed by atoms with van der Waals surface area (Å²) in [6, 6.07) is 9.15. The van der Waals surface area contributed by atoms with Crippen LogP contribution in [0.3, 0.4) is 0 Å². The van der Waals surface area contributed by atoms with Crippen LogP contribution in [0.25, 0.3) is 10.9 Å². The Balaban J connectivity index is 1.74. The van der Waals surface area contributed by atoms with Gasteiger partial charge in [0, 0.05) is 36.3 Å².